The molecular formula is C21H19N3O3S. The topological polar surface area (TPSA) is 93.4 Å². The maximum atomic E-state index is 12.8. The molecule has 2 amide bonds. The molecule has 2 aromatic carbocycles. The van der Waals surface area contributed by atoms with Crippen LogP contribution in [-0.4, -0.2) is 28.8 Å². The molecule has 0 bridgehead atoms. The number of para-hydroxylation sites is 1. The number of carbonyl (C=O) groups excluding carboxylic acids is 2. The maximum Gasteiger partial charge on any atom is 0.264 e. The lowest BCUT2D eigenvalue weighted by Gasteiger charge is -2.18. The lowest BCUT2D eigenvalue weighted by atomic mass is 10.2. The summed E-state index contributed by atoms with van der Waals surface area (Å²) in [4.78, 5) is 26.9. The fraction of sp³-hybridized carbons (Fsp3) is 0.190. The number of hydrogen-bond acceptors (Lipinski definition) is 5. The van der Waals surface area contributed by atoms with Crippen LogP contribution in [0.15, 0.2) is 71.3 Å². The van der Waals surface area contributed by atoms with Crippen molar-refractivity contribution in [2.75, 3.05) is 11.5 Å². The molecule has 28 heavy (non-hydrogen) atoms. The van der Waals surface area contributed by atoms with Gasteiger partial charge in [0.25, 0.3) is 5.91 Å². The van der Waals surface area contributed by atoms with E-state index in [9.17, 15) is 20.0 Å². The minimum absolute atomic E-state index is 0.112. The Morgan fingerprint density at radius 2 is 1.79 bits per heavy atom. The molecule has 1 heterocycles. The van der Waals surface area contributed by atoms with Gasteiger partial charge in [-0.2, -0.15) is 5.26 Å². The van der Waals surface area contributed by atoms with Crippen LogP contribution in [0.3, 0.4) is 0 Å². The molecule has 3 rings (SSSR count). The largest absolute Gasteiger partial charge is 0.396 e. The van der Waals surface area contributed by atoms with Gasteiger partial charge in [0.2, 0.25) is 5.91 Å². The number of hydrogen-bond donors (Lipinski definition) is 2. The highest BCUT2D eigenvalue weighted by Crippen LogP contribution is 2.41. The van der Waals surface area contributed by atoms with Crippen LogP contribution in [-0.2, 0) is 16.1 Å². The number of nitrogens with one attached hydrogen (secondary N) is 1. The van der Waals surface area contributed by atoms with Crippen LogP contribution < -0.4 is 10.2 Å². The Labute approximate surface area is 167 Å². The van der Waals surface area contributed by atoms with Gasteiger partial charge in [-0.15, -0.1) is 0 Å². The number of nitriles is 1. The zero-order valence-corrected chi connectivity index (χ0v) is 15.9. The van der Waals surface area contributed by atoms with E-state index in [0.717, 1.165) is 17.3 Å². The summed E-state index contributed by atoms with van der Waals surface area (Å²) in [5.74, 6) is -0.781. The van der Waals surface area contributed by atoms with Gasteiger partial charge < -0.3 is 10.4 Å². The van der Waals surface area contributed by atoms with Crippen LogP contribution in [0.2, 0.25) is 0 Å². The average molecular weight is 393 g/mol. The minimum atomic E-state index is -0.537. The van der Waals surface area contributed by atoms with Gasteiger partial charge in [0.15, 0.2) is 0 Å². The molecule has 0 aromatic heterocycles. The van der Waals surface area contributed by atoms with Gasteiger partial charge in [-0.3, -0.25) is 14.5 Å². The van der Waals surface area contributed by atoms with Gasteiger partial charge >= 0.3 is 0 Å². The Morgan fingerprint density at radius 1 is 1.14 bits per heavy atom. The number of amides is 2. The van der Waals surface area contributed by atoms with E-state index >= 15 is 0 Å². The molecule has 2 aromatic rings. The first kappa shape index (κ1) is 19.7. The summed E-state index contributed by atoms with van der Waals surface area (Å²) in [5.41, 5.74) is 1.38. The number of aliphatic hydroxyl groups excluding tert-OH is 1. The first-order valence-electron chi connectivity index (χ1n) is 8.78. The molecule has 1 saturated heterocycles. The van der Waals surface area contributed by atoms with Gasteiger partial charge in [0, 0.05) is 18.8 Å². The second-order valence-electron chi connectivity index (χ2n) is 6.09. The summed E-state index contributed by atoms with van der Waals surface area (Å²) in [6, 6.07) is 20.2. The van der Waals surface area contributed by atoms with Gasteiger partial charge in [-0.25, -0.2) is 0 Å². The predicted molar refractivity (Wildman–Crippen MR) is 108 cm³/mol. The summed E-state index contributed by atoms with van der Waals surface area (Å²) in [5, 5.41) is 21.4. The molecule has 0 aliphatic carbocycles. The van der Waals surface area contributed by atoms with Crippen molar-refractivity contribution in [3.8, 4) is 6.07 Å². The summed E-state index contributed by atoms with van der Waals surface area (Å²) < 4.78 is 0. The number of benzene rings is 2. The van der Waals surface area contributed by atoms with E-state index in [2.05, 4.69) is 5.32 Å². The van der Waals surface area contributed by atoms with E-state index in [4.69, 9.17) is 0 Å². The van der Waals surface area contributed by atoms with Crippen LogP contribution in [0.1, 0.15) is 12.0 Å². The summed E-state index contributed by atoms with van der Waals surface area (Å²) >= 11 is 1.14. The van der Waals surface area contributed by atoms with Crippen molar-refractivity contribution in [2.45, 2.75) is 18.2 Å². The van der Waals surface area contributed by atoms with Crippen molar-refractivity contribution in [3.05, 3.63) is 76.8 Å². The molecule has 0 unspecified atom stereocenters. The third kappa shape index (κ3) is 4.25. The van der Waals surface area contributed by atoms with E-state index in [-0.39, 0.29) is 31.1 Å². The Bertz CT molecular complexity index is 923. The summed E-state index contributed by atoms with van der Waals surface area (Å²) in [6.07, 6.45) is 0.251. The third-order valence-electron chi connectivity index (χ3n) is 4.21. The Hall–Kier alpha value is -3.08. The Morgan fingerprint density at radius 3 is 2.39 bits per heavy atom. The maximum absolute atomic E-state index is 12.8. The summed E-state index contributed by atoms with van der Waals surface area (Å²) in [6.45, 7) is 0.129. The average Bonchev–Trinajstić information content (AvgIpc) is 3.04. The van der Waals surface area contributed by atoms with Crippen LogP contribution >= 0.6 is 11.8 Å². The van der Waals surface area contributed by atoms with Crippen molar-refractivity contribution in [2.24, 2.45) is 0 Å². The lowest BCUT2D eigenvalue weighted by Crippen LogP contribution is -2.31. The number of rotatable bonds is 6. The molecule has 0 saturated carbocycles. The zero-order chi connectivity index (χ0) is 19.9. The van der Waals surface area contributed by atoms with Crippen molar-refractivity contribution in [1.29, 1.82) is 5.26 Å². The van der Waals surface area contributed by atoms with Gasteiger partial charge in [-0.1, -0.05) is 60.3 Å². The van der Waals surface area contributed by atoms with Gasteiger partial charge in [-0.05, 0) is 24.1 Å². The number of nitrogens with zero attached hydrogens (tertiary/aromatic N) is 2. The lowest BCUT2D eigenvalue weighted by molar-refractivity contribution is -0.117. The molecule has 1 aliphatic heterocycles. The number of thioether (sulfide) groups is 1. The van der Waals surface area contributed by atoms with Gasteiger partial charge in [0.05, 0.1) is 5.25 Å². The van der Waals surface area contributed by atoms with Crippen molar-refractivity contribution >= 4 is 29.3 Å². The number of aliphatic hydroxyl groups is 1. The van der Waals surface area contributed by atoms with Gasteiger partial charge in [0.1, 0.15) is 16.7 Å². The van der Waals surface area contributed by atoms with Crippen LogP contribution in [0.5, 0.6) is 0 Å². The molecule has 1 fully saturated rings. The second kappa shape index (κ2) is 9.22. The van der Waals surface area contributed by atoms with E-state index in [1.54, 1.807) is 24.3 Å². The fourth-order valence-corrected chi connectivity index (χ4v) is 4.09. The zero-order valence-electron chi connectivity index (χ0n) is 15.0. The Kier molecular flexibility index (Phi) is 6.48. The third-order valence-corrected chi connectivity index (χ3v) is 5.54. The standard InChI is InChI=1S/C21H19N3O3S/c22-13-17(19(26)23-14-15-7-3-1-4-8-15)21-24(16-9-5-2-6-10-16)20(27)18(28-21)11-12-25/h1-10,18,25H,11-12,14H2,(H,23,26)/b21-17+/t18-/m0/s1. The predicted octanol–water partition coefficient (Wildman–Crippen LogP) is 2.57. The molecule has 6 nitrogen and oxygen atoms in total. The highest BCUT2D eigenvalue weighted by molar-refractivity contribution is 8.05. The second-order valence-corrected chi connectivity index (χ2v) is 7.28. The molecule has 1 atom stereocenters. The minimum Gasteiger partial charge on any atom is -0.396 e. The normalized spacial score (nSPS) is 17.9. The number of carbonyl (C=O) groups is 2. The number of anilines is 1. The van der Waals surface area contributed by atoms with E-state index < -0.39 is 11.2 Å². The van der Waals surface area contributed by atoms with E-state index in [0.29, 0.717) is 10.7 Å². The molecule has 0 spiro atoms. The smallest absolute Gasteiger partial charge is 0.264 e. The van der Waals surface area contributed by atoms with Crippen molar-refractivity contribution in [1.82, 2.24) is 5.32 Å². The van der Waals surface area contributed by atoms with E-state index in [1.165, 1.54) is 4.90 Å². The van der Waals surface area contributed by atoms with Crippen LogP contribution in [0.4, 0.5) is 5.69 Å². The Balaban J connectivity index is 1.92. The molecule has 142 valence electrons. The van der Waals surface area contributed by atoms with E-state index in [1.807, 2.05) is 42.5 Å². The first-order valence-corrected chi connectivity index (χ1v) is 9.66. The van der Waals surface area contributed by atoms with Crippen LogP contribution in [0.25, 0.3) is 0 Å². The molecule has 1 aliphatic rings. The molecule has 7 heteroatoms. The highest BCUT2D eigenvalue weighted by atomic mass is 32.2. The summed E-state index contributed by atoms with van der Waals surface area (Å²) in [7, 11) is 0. The molecular weight excluding hydrogens is 374 g/mol. The molecule has 0 radical (unpaired) electrons. The SMILES string of the molecule is N#C/C(C(=O)NCc1ccccc1)=C1\S[C@@H](CCO)C(=O)N1c1ccccc1. The fourth-order valence-electron chi connectivity index (χ4n) is 2.84. The van der Waals surface area contributed by atoms with Crippen molar-refractivity contribution in [3.63, 3.8) is 0 Å². The van der Waals surface area contributed by atoms with Crippen LogP contribution in [0, 0.1) is 11.3 Å². The quantitative estimate of drug-likeness (QED) is 0.581. The highest BCUT2D eigenvalue weighted by Gasteiger charge is 2.40. The molecule has 2 N–H and O–H groups in total. The monoisotopic (exact) mass is 393 g/mol. The van der Waals surface area contributed by atoms with Crippen molar-refractivity contribution < 1.29 is 14.7 Å². The first-order chi connectivity index (χ1) is 13.7.